The maximum absolute atomic E-state index is 11.7. The second-order valence-electron chi connectivity index (χ2n) is 4.23. The number of nitrogens with zero attached hydrogens (tertiary/aromatic N) is 4. The van der Waals surface area contributed by atoms with Gasteiger partial charge in [-0.1, -0.05) is 11.6 Å². The quantitative estimate of drug-likeness (QED) is 0.859. The van der Waals surface area contributed by atoms with Crippen molar-refractivity contribution in [3.05, 3.63) is 33.8 Å². The third kappa shape index (κ3) is 4.08. The fourth-order valence-corrected chi connectivity index (χ4v) is 2.28. The van der Waals surface area contributed by atoms with Gasteiger partial charge in [-0.2, -0.15) is 10.2 Å². The Morgan fingerprint density at radius 1 is 1.45 bits per heavy atom. The number of amides is 1. The molecule has 0 spiro atoms. The molecule has 6 nitrogen and oxygen atoms in total. The summed E-state index contributed by atoms with van der Waals surface area (Å²) in [6.45, 7) is 3.72. The second-order valence-corrected chi connectivity index (χ2v) is 5.52. The first-order valence-corrected chi connectivity index (χ1v) is 7.42. The van der Waals surface area contributed by atoms with Gasteiger partial charge < -0.3 is 5.32 Å². The van der Waals surface area contributed by atoms with E-state index in [2.05, 4.69) is 31.4 Å². The zero-order chi connectivity index (χ0) is 14.5. The van der Waals surface area contributed by atoms with Crippen molar-refractivity contribution in [1.82, 2.24) is 24.9 Å². The molecule has 20 heavy (non-hydrogen) atoms. The largest absolute Gasteiger partial charge is 0.350 e. The molecule has 0 atom stereocenters. The Balaban J connectivity index is 1.78. The van der Waals surface area contributed by atoms with Gasteiger partial charge in [0.2, 0.25) is 5.91 Å². The van der Waals surface area contributed by atoms with E-state index in [0.29, 0.717) is 24.5 Å². The predicted octanol–water partition coefficient (Wildman–Crippen LogP) is 2.22. The predicted molar refractivity (Wildman–Crippen MR) is 79.3 cm³/mol. The summed E-state index contributed by atoms with van der Waals surface area (Å²) in [5.41, 5.74) is 0.822. The number of rotatable bonds is 6. The highest BCUT2D eigenvalue weighted by Crippen LogP contribution is 2.14. The Hall–Kier alpha value is -1.34. The molecule has 0 unspecified atom stereocenters. The van der Waals surface area contributed by atoms with E-state index in [9.17, 15) is 4.79 Å². The lowest BCUT2D eigenvalue weighted by Gasteiger charge is -2.04. The van der Waals surface area contributed by atoms with E-state index in [0.717, 1.165) is 16.7 Å². The molecule has 2 rings (SSSR count). The number of carbonyl (C=O) groups is 1. The summed E-state index contributed by atoms with van der Waals surface area (Å²) in [5.74, 6) is -0.0467. The molecule has 0 aromatic carbocycles. The van der Waals surface area contributed by atoms with Crippen LogP contribution in [-0.2, 0) is 24.4 Å². The summed E-state index contributed by atoms with van der Waals surface area (Å²) >= 11 is 9.17. The average molecular weight is 361 g/mol. The van der Waals surface area contributed by atoms with Gasteiger partial charge in [0.25, 0.3) is 0 Å². The number of hydrogen-bond donors (Lipinski definition) is 1. The van der Waals surface area contributed by atoms with Gasteiger partial charge >= 0.3 is 0 Å². The lowest BCUT2D eigenvalue weighted by Crippen LogP contribution is -2.24. The van der Waals surface area contributed by atoms with Crippen molar-refractivity contribution >= 4 is 33.4 Å². The molecule has 0 saturated heterocycles. The molecule has 2 aromatic heterocycles. The van der Waals surface area contributed by atoms with E-state index < -0.39 is 0 Å². The van der Waals surface area contributed by atoms with Gasteiger partial charge in [-0.15, -0.1) is 0 Å². The topological polar surface area (TPSA) is 64.7 Å². The molecule has 0 fully saturated rings. The normalized spacial score (nSPS) is 10.8. The van der Waals surface area contributed by atoms with Crippen LogP contribution in [0.5, 0.6) is 0 Å². The summed E-state index contributed by atoms with van der Waals surface area (Å²) in [6, 6.07) is 0. The minimum absolute atomic E-state index is 0.0467. The standard InChI is InChI=1S/C12H15BrClN5O/c1-2-18-8-10(13)11(17-18)6-15-12(20)3-4-19-7-9(14)5-16-19/h5,7-8H,2-4,6H2,1H3,(H,15,20). The number of nitrogens with one attached hydrogen (secondary N) is 1. The fourth-order valence-electron chi connectivity index (χ4n) is 1.67. The van der Waals surface area contributed by atoms with Crippen molar-refractivity contribution in [2.75, 3.05) is 0 Å². The molecular weight excluding hydrogens is 346 g/mol. The average Bonchev–Trinajstić information content (AvgIpc) is 3.00. The minimum atomic E-state index is -0.0467. The maximum atomic E-state index is 11.7. The van der Waals surface area contributed by atoms with E-state index in [1.165, 1.54) is 0 Å². The van der Waals surface area contributed by atoms with Gasteiger partial charge in [0.1, 0.15) is 0 Å². The van der Waals surface area contributed by atoms with E-state index in [4.69, 9.17) is 11.6 Å². The van der Waals surface area contributed by atoms with Crippen LogP contribution in [0.4, 0.5) is 0 Å². The van der Waals surface area contributed by atoms with Crippen molar-refractivity contribution < 1.29 is 4.79 Å². The Morgan fingerprint density at radius 3 is 2.85 bits per heavy atom. The minimum Gasteiger partial charge on any atom is -0.350 e. The number of halogens is 2. The summed E-state index contributed by atoms with van der Waals surface area (Å²) in [7, 11) is 0. The van der Waals surface area contributed by atoms with Gasteiger partial charge in [-0.05, 0) is 22.9 Å². The van der Waals surface area contributed by atoms with Gasteiger partial charge in [0.15, 0.2) is 0 Å². The highest BCUT2D eigenvalue weighted by Gasteiger charge is 2.08. The summed E-state index contributed by atoms with van der Waals surface area (Å²) in [4.78, 5) is 11.7. The molecule has 1 N–H and O–H groups in total. The van der Waals surface area contributed by atoms with Gasteiger partial charge in [-0.3, -0.25) is 14.2 Å². The van der Waals surface area contributed by atoms with Crippen molar-refractivity contribution in [1.29, 1.82) is 0 Å². The van der Waals surface area contributed by atoms with Crippen molar-refractivity contribution in [3.8, 4) is 0 Å². The molecule has 0 saturated carbocycles. The molecule has 0 radical (unpaired) electrons. The van der Waals surface area contributed by atoms with Crippen LogP contribution in [0.3, 0.4) is 0 Å². The van der Waals surface area contributed by atoms with Gasteiger partial charge in [-0.25, -0.2) is 0 Å². The third-order valence-corrected chi connectivity index (χ3v) is 3.59. The molecule has 1 amide bonds. The molecule has 0 aliphatic heterocycles. The van der Waals surface area contributed by atoms with Gasteiger partial charge in [0.05, 0.1) is 27.9 Å². The maximum Gasteiger partial charge on any atom is 0.222 e. The Morgan fingerprint density at radius 2 is 2.25 bits per heavy atom. The molecule has 2 aromatic rings. The molecule has 0 aliphatic carbocycles. The van der Waals surface area contributed by atoms with Crippen LogP contribution in [0.2, 0.25) is 5.02 Å². The van der Waals surface area contributed by atoms with Crippen molar-refractivity contribution in [2.45, 2.75) is 33.0 Å². The molecule has 8 heteroatoms. The zero-order valence-corrected chi connectivity index (χ0v) is 13.4. The van der Waals surface area contributed by atoms with E-state index in [1.54, 1.807) is 17.1 Å². The van der Waals surface area contributed by atoms with Crippen molar-refractivity contribution in [2.24, 2.45) is 0 Å². The highest BCUT2D eigenvalue weighted by molar-refractivity contribution is 9.10. The number of aromatic nitrogens is 4. The highest BCUT2D eigenvalue weighted by atomic mass is 79.9. The van der Waals surface area contributed by atoms with Crippen LogP contribution in [0.15, 0.2) is 23.1 Å². The second kappa shape index (κ2) is 6.90. The summed E-state index contributed by atoms with van der Waals surface area (Å²) in [6.07, 6.45) is 5.49. The molecule has 108 valence electrons. The van der Waals surface area contributed by atoms with E-state index in [-0.39, 0.29) is 5.91 Å². The van der Waals surface area contributed by atoms with Crippen LogP contribution in [0, 0.1) is 0 Å². The SMILES string of the molecule is CCn1cc(Br)c(CNC(=O)CCn2cc(Cl)cn2)n1. The molecule has 2 heterocycles. The first-order chi connectivity index (χ1) is 9.58. The monoisotopic (exact) mass is 359 g/mol. The summed E-state index contributed by atoms with van der Waals surface area (Å²) < 4.78 is 4.36. The number of carbonyl (C=O) groups excluding carboxylic acids is 1. The number of hydrogen-bond acceptors (Lipinski definition) is 3. The van der Waals surface area contributed by atoms with Gasteiger partial charge in [0, 0.05) is 31.9 Å². The third-order valence-electron chi connectivity index (χ3n) is 2.73. The smallest absolute Gasteiger partial charge is 0.222 e. The van der Waals surface area contributed by atoms with Crippen LogP contribution in [-0.4, -0.2) is 25.5 Å². The van der Waals surface area contributed by atoms with Crippen LogP contribution < -0.4 is 5.32 Å². The lowest BCUT2D eigenvalue weighted by molar-refractivity contribution is -0.121. The van der Waals surface area contributed by atoms with Crippen molar-refractivity contribution in [3.63, 3.8) is 0 Å². The fraction of sp³-hybridized carbons (Fsp3) is 0.417. The first-order valence-electron chi connectivity index (χ1n) is 6.25. The van der Waals surface area contributed by atoms with Crippen LogP contribution in [0.25, 0.3) is 0 Å². The first kappa shape index (κ1) is 15.1. The lowest BCUT2D eigenvalue weighted by atomic mass is 10.3. The molecule has 0 bridgehead atoms. The Kier molecular flexibility index (Phi) is 5.19. The van der Waals surface area contributed by atoms with E-state index >= 15 is 0 Å². The summed E-state index contributed by atoms with van der Waals surface area (Å²) in [5, 5.41) is 11.8. The zero-order valence-electron chi connectivity index (χ0n) is 11.0. The number of aryl methyl sites for hydroxylation is 2. The Labute approximate surface area is 130 Å². The van der Waals surface area contributed by atoms with Crippen LogP contribution >= 0.6 is 27.5 Å². The van der Waals surface area contributed by atoms with E-state index in [1.807, 2.05) is 17.8 Å². The molecular formula is C12H15BrClN5O. The van der Waals surface area contributed by atoms with Crippen LogP contribution in [0.1, 0.15) is 19.0 Å². The molecule has 0 aliphatic rings. The Bertz CT molecular complexity index is 594.